The Balaban J connectivity index is 1.78. The van der Waals surface area contributed by atoms with Crippen molar-refractivity contribution in [2.24, 2.45) is 0 Å². The molecule has 0 radical (unpaired) electrons. The highest BCUT2D eigenvalue weighted by Crippen LogP contribution is 2.51. The molecule has 0 aromatic heterocycles. The number of ether oxygens (including phenoxy) is 2. The molecule has 0 amide bonds. The molecule has 4 aromatic rings. The number of hydrogen-bond acceptors (Lipinski definition) is 5. The second-order valence-electron chi connectivity index (χ2n) is 10.3. The van der Waals surface area contributed by atoms with Crippen molar-refractivity contribution in [2.45, 2.75) is 44.3 Å². The number of hydrogen-bond donors (Lipinski definition) is 0. The average Bonchev–Trinajstić information content (AvgIpc) is 3.20. The summed E-state index contributed by atoms with van der Waals surface area (Å²) >= 11 is 0. The SMILES string of the molecule is CC(C)(C)OC(=O)[C@]1([C@H](CC(=O)c2ccccc2)c2cccc3ccccc23)OC(=O)c2ccccc21. The number of Topliss-reactive ketones (excluding diaryl/α,β-unsaturated/α-hetero) is 1. The van der Waals surface area contributed by atoms with Crippen LogP contribution in [0.4, 0.5) is 0 Å². The molecular weight excluding hydrogens is 464 g/mol. The maximum atomic E-state index is 14.1. The lowest BCUT2D eigenvalue weighted by molar-refractivity contribution is -0.180. The van der Waals surface area contributed by atoms with Crippen LogP contribution in [0.3, 0.4) is 0 Å². The topological polar surface area (TPSA) is 69.7 Å². The Hall–Kier alpha value is -4.25. The molecule has 0 bridgehead atoms. The fourth-order valence-corrected chi connectivity index (χ4v) is 5.10. The molecule has 0 spiro atoms. The third-order valence-electron chi connectivity index (χ3n) is 6.68. The predicted molar refractivity (Wildman–Crippen MR) is 141 cm³/mol. The van der Waals surface area contributed by atoms with Crippen LogP contribution in [0.25, 0.3) is 10.8 Å². The second-order valence-corrected chi connectivity index (χ2v) is 10.3. The zero-order valence-corrected chi connectivity index (χ0v) is 21.1. The van der Waals surface area contributed by atoms with Gasteiger partial charge in [0.25, 0.3) is 0 Å². The lowest BCUT2D eigenvalue weighted by Gasteiger charge is -2.37. The molecular formula is C32H28O5. The summed E-state index contributed by atoms with van der Waals surface area (Å²) in [6, 6.07) is 29.3. The maximum absolute atomic E-state index is 14.1. The predicted octanol–water partition coefficient (Wildman–Crippen LogP) is 6.60. The quantitative estimate of drug-likeness (QED) is 0.224. The molecule has 1 aliphatic heterocycles. The smallest absolute Gasteiger partial charge is 0.356 e. The van der Waals surface area contributed by atoms with Crippen molar-refractivity contribution in [1.29, 1.82) is 0 Å². The Labute approximate surface area is 216 Å². The summed E-state index contributed by atoms with van der Waals surface area (Å²) in [5.74, 6) is -2.31. The van der Waals surface area contributed by atoms with Gasteiger partial charge in [-0.15, -0.1) is 0 Å². The van der Waals surface area contributed by atoms with E-state index in [4.69, 9.17) is 9.47 Å². The first kappa shape index (κ1) is 24.4. The molecule has 0 fully saturated rings. The minimum Gasteiger partial charge on any atom is -0.457 e. The lowest BCUT2D eigenvalue weighted by atomic mass is 9.72. The van der Waals surface area contributed by atoms with E-state index in [0.29, 0.717) is 16.7 Å². The number of cyclic esters (lactones) is 1. The summed E-state index contributed by atoms with van der Waals surface area (Å²) < 4.78 is 12.0. The summed E-state index contributed by atoms with van der Waals surface area (Å²) in [5, 5.41) is 1.83. The van der Waals surface area contributed by atoms with Gasteiger partial charge in [-0.25, -0.2) is 9.59 Å². The summed E-state index contributed by atoms with van der Waals surface area (Å²) in [4.78, 5) is 41.0. The molecule has 0 N–H and O–H groups in total. The van der Waals surface area contributed by atoms with E-state index in [1.54, 1.807) is 69.3 Å². The van der Waals surface area contributed by atoms with Gasteiger partial charge in [0.2, 0.25) is 5.60 Å². The van der Waals surface area contributed by atoms with Gasteiger partial charge < -0.3 is 9.47 Å². The first-order valence-corrected chi connectivity index (χ1v) is 12.3. The van der Waals surface area contributed by atoms with Crippen molar-refractivity contribution in [3.8, 4) is 0 Å². The van der Waals surface area contributed by atoms with Crippen molar-refractivity contribution in [1.82, 2.24) is 0 Å². The highest BCUT2D eigenvalue weighted by Gasteiger charge is 2.59. The van der Waals surface area contributed by atoms with Gasteiger partial charge in [0, 0.05) is 23.5 Å². The van der Waals surface area contributed by atoms with Crippen LogP contribution in [0.15, 0.2) is 97.1 Å². The molecule has 0 saturated carbocycles. The average molecular weight is 493 g/mol. The molecule has 5 nitrogen and oxygen atoms in total. The number of ketones is 1. The Bertz CT molecular complexity index is 1490. The van der Waals surface area contributed by atoms with Gasteiger partial charge in [-0.05, 0) is 43.2 Å². The van der Waals surface area contributed by atoms with Crippen LogP contribution in [0.1, 0.15) is 65.0 Å². The monoisotopic (exact) mass is 492 g/mol. The number of carbonyl (C=O) groups is 3. The molecule has 5 heteroatoms. The van der Waals surface area contributed by atoms with E-state index in [1.807, 2.05) is 48.5 Å². The highest BCUT2D eigenvalue weighted by atomic mass is 16.6. The van der Waals surface area contributed by atoms with E-state index >= 15 is 0 Å². The molecule has 0 aliphatic carbocycles. The first-order valence-electron chi connectivity index (χ1n) is 12.3. The van der Waals surface area contributed by atoms with Crippen molar-refractivity contribution < 1.29 is 23.9 Å². The Morgan fingerprint density at radius 1 is 0.838 bits per heavy atom. The molecule has 186 valence electrons. The van der Waals surface area contributed by atoms with Gasteiger partial charge in [-0.3, -0.25) is 4.79 Å². The van der Waals surface area contributed by atoms with Crippen molar-refractivity contribution in [3.63, 3.8) is 0 Å². The number of rotatable bonds is 6. The van der Waals surface area contributed by atoms with E-state index in [0.717, 1.165) is 16.3 Å². The minimum atomic E-state index is -1.84. The number of benzene rings is 4. The minimum absolute atomic E-state index is 0.0706. The van der Waals surface area contributed by atoms with Crippen molar-refractivity contribution in [2.75, 3.05) is 0 Å². The summed E-state index contributed by atoms with van der Waals surface area (Å²) in [7, 11) is 0. The van der Waals surface area contributed by atoms with E-state index in [1.165, 1.54) is 0 Å². The molecule has 0 saturated heterocycles. The first-order chi connectivity index (χ1) is 17.7. The zero-order valence-electron chi connectivity index (χ0n) is 21.1. The Morgan fingerprint density at radius 3 is 2.24 bits per heavy atom. The normalized spacial score (nSPS) is 17.6. The van der Waals surface area contributed by atoms with Gasteiger partial charge in [0.1, 0.15) is 5.60 Å². The van der Waals surface area contributed by atoms with Gasteiger partial charge in [0.05, 0.1) is 5.56 Å². The molecule has 0 unspecified atom stereocenters. The van der Waals surface area contributed by atoms with Crippen LogP contribution in [0.2, 0.25) is 0 Å². The summed E-state index contributed by atoms with van der Waals surface area (Å²) in [6.07, 6.45) is -0.0706. The van der Waals surface area contributed by atoms with Crippen LogP contribution in [-0.4, -0.2) is 23.3 Å². The molecule has 1 aliphatic rings. The van der Waals surface area contributed by atoms with Crippen LogP contribution in [-0.2, 0) is 19.9 Å². The van der Waals surface area contributed by atoms with Crippen molar-refractivity contribution >= 4 is 28.5 Å². The molecule has 37 heavy (non-hydrogen) atoms. The molecule has 2 atom stereocenters. The van der Waals surface area contributed by atoms with Gasteiger partial charge in [-0.1, -0.05) is 91.0 Å². The van der Waals surface area contributed by atoms with Crippen molar-refractivity contribution in [3.05, 3.63) is 119 Å². The van der Waals surface area contributed by atoms with Crippen LogP contribution < -0.4 is 0 Å². The molecule has 1 heterocycles. The fourth-order valence-electron chi connectivity index (χ4n) is 5.10. The number of esters is 2. The summed E-state index contributed by atoms with van der Waals surface area (Å²) in [6.45, 7) is 5.30. The van der Waals surface area contributed by atoms with Crippen LogP contribution in [0.5, 0.6) is 0 Å². The Morgan fingerprint density at radius 2 is 1.49 bits per heavy atom. The second kappa shape index (κ2) is 9.32. The summed E-state index contributed by atoms with van der Waals surface area (Å²) in [5.41, 5.74) is -0.725. The lowest BCUT2D eigenvalue weighted by Crippen LogP contribution is -2.46. The van der Waals surface area contributed by atoms with E-state index < -0.39 is 29.1 Å². The number of fused-ring (bicyclic) bond motifs is 2. The van der Waals surface area contributed by atoms with E-state index in [2.05, 4.69) is 0 Å². The standard InChI is InChI=1S/C32H28O5/c1-31(2,3)37-30(35)32(26-19-10-9-17-25(26)29(34)36-32)27(20-28(33)22-13-5-4-6-14-22)24-18-11-15-21-12-7-8-16-23(21)24/h4-19,27H,20H2,1-3H3/t27-,32+/m1/s1. The largest absolute Gasteiger partial charge is 0.457 e. The van der Waals surface area contributed by atoms with Gasteiger partial charge >= 0.3 is 11.9 Å². The third kappa shape index (κ3) is 4.42. The van der Waals surface area contributed by atoms with Gasteiger partial charge in [-0.2, -0.15) is 0 Å². The molecule has 4 aromatic carbocycles. The van der Waals surface area contributed by atoms with Crippen LogP contribution in [0, 0.1) is 0 Å². The third-order valence-corrected chi connectivity index (χ3v) is 6.68. The molecule has 5 rings (SSSR count). The van der Waals surface area contributed by atoms with E-state index in [9.17, 15) is 14.4 Å². The van der Waals surface area contributed by atoms with Crippen LogP contribution >= 0.6 is 0 Å². The van der Waals surface area contributed by atoms with Gasteiger partial charge in [0.15, 0.2) is 5.78 Å². The maximum Gasteiger partial charge on any atom is 0.356 e. The fraction of sp³-hybridized carbons (Fsp3) is 0.219. The van der Waals surface area contributed by atoms with E-state index in [-0.39, 0.29) is 12.2 Å². The Kier molecular flexibility index (Phi) is 6.16. The zero-order chi connectivity index (χ0) is 26.2. The highest BCUT2D eigenvalue weighted by molar-refractivity contribution is 6.04. The number of carbonyl (C=O) groups excluding carboxylic acids is 3.